The summed E-state index contributed by atoms with van der Waals surface area (Å²) in [6.07, 6.45) is 8.37. The lowest BCUT2D eigenvalue weighted by atomic mass is 9.83. The molecule has 0 amide bonds. The SMILES string of the molecule is CC(C)(C)C1=CC2=C3C=C(C(C)(C)C)C=C(Cl)N3[C]N2C(Cl)=C1. The van der Waals surface area contributed by atoms with E-state index in [-0.39, 0.29) is 10.8 Å². The second-order valence-electron chi connectivity index (χ2n) is 8.17. The van der Waals surface area contributed by atoms with Gasteiger partial charge in [-0.1, -0.05) is 64.7 Å². The summed E-state index contributed by atoms with van der Waals surface area (Å²) in [5, 5.41) is 1.29. The lowest BCUT2D eigenvalue weighted by Gasteiger charge is -2.28. The first kappa shape index (κ1) is 16.7. The molecular weight excluding hydrogens is 327 g/mol. The minimum Gasteiger partial charge on any atom is -0.298 e. The summed E-state index contributed by atoms with van der Waals surface area (Å²) in [4.78, 5) is 3.73. The molecule has 0 aliphatic carbocycles. The summed E-state index contributed by atoms with van der Waals surface area (Å²) in [7, 11) is 0. The van der Waals surface area contributed by atoms with Gasteiger partial charge < -0.3 is 0 Å². The molecule has 3 heterocycles. The van der Waals surface area contributed by atoms with Crippen molar-refractivity contribution in [2.24, 2.45) is 10.8 Å². The van der Waals surface area contributed by atoms with Crippen LogP contribution in [-0.4, -0.2) is 9.80 Å². The molecule has 0 aromatic carbocycles. The fourth-order valence-corrected chi connectivity index (χ4v) is 3.16. The fraction of sp³-hybridized carbons (Fsp3) is 0.421. The summed E-state index contributed by atoms with van der Waals surface area (Å²) < 4.78 is 0. The summed E-state index contributed by atoms with van der Waals surface area (Å²) in [6, 6.07) is 0. The first-order chi connectivity index (χ1) is 10.5. The zero-order valence-corrected chi connectivity index (χ0v) is 16.0. The molecule has 3 aliphatic heterocycles. The average Bonchev–Trinajstić information content (AvgIpc) is 2.77. The molecule has 4 heteroatoms. The Bertz CT molecular complexity index is 647. The maximum atomic E-state index is 6.50. The van der Waals surface area contributed by atoms with Crippen LogP contribution in [0.5, 0.6) is 0 Å². The van der Waals surface area contributed by atoms with Gasteiger partial charge in [-0.25, -0.2) is 0 Å². The minimum absolute atomic E-state index is 0.0259. The van der Waals surface area contributed by atoms with Crippen LogP contribution in [0.1, 0.15) is 41.5 Å². The average molecular weight is 349 g/mol. The van der Waals surface area contributed by atoms with Crippen molar-refractivity contribution >= 4 is 23.2 Å². The summed E-state index contributed by atoms with van der Waals surface area (Å²) in [5.74, 6) is 0. The summed E-state index contributed by atoms with van der Waals surface area (Å²) >= 11 is 13.0. The van der Waals surface area contributed by atoms with Gasteiger partial charge in [-0.3, -0.25) is 9.80 Å². The van der Waals surface area contributed by atoms with Crippen LogP contribution in [0.25, 0.3) is 0 Å². The molecule has 0 fully saturated rings. The Morgan fingerprint density at radius 3 is 1.35 bits per heavy atom. The number of allylic oxidation sites excluding steroid dienone is 6. The van der Waals surface area contributed by atoms with E-state index in [0.29, 0.717) is 10.3 Å². The molecule has 0 N–H and O–H groups in total. The molecule has 3 rings (SSSR count). The highest BCUT2D eigenvalue weighted by Crippen LogP contribution is 2.46. The zero-order chi connectivity index (χ0) is 17.2. The predicted octanol–water partition coefficient (Wildman–Crippen LogP) is 5.94. The largest absolute Gasteiger partial charge is 0.298 e. The number of halogens is 2. The molecular formula is C19H22Cl2N2. The normalized spacial score (nSPS) is 21.6. The number of hydrogen-bond acceptors (Lipinski definition) is 2. The molecule has 2 nitrogen and oxygen atoms in total. The second kappa shape index (κ2) is 5.19. The van der Waals surface area contributed by atoms with Crippen LogP contribution in [0.2, 0.25) is 0 Å². The first-order valence-corrected chi connectivity index (χ1v) is 8.53. The Morgan fingerprint density at radius 2 is 1.04 bits per heavy atom. The van der Waals surface area contributed by atoms with E-state index in [1.54, 1.807) is 0 Å². The molecule has 0 atom stereocenters. The van der Waals surface area contributed by atoms with Gasteiger partial charge in [0.2, 0.25) is 6.67 Å². The maximum Gasteiger partial charge on any atom is 0.220 e. The third kappa shape index (κ3) is 2.88. The van der Waals surface area contributed by atoms with Gasteiger partial charge in [0.25, 0.3) is 0 Å². The standard InChI is InChI=1S/C19H22Cl2N2/c1-18(2,3)12-7-14-15-8-13(19(4,5)6)10-17(21)23(15)11-22(14)16(20)9-12/h7-10H,1-6H3. The van der Waals surface area contributed by atoms with Gasteiger partial charge in [-0.05, 0) is 46.3 Å². The van der Waals surface area contributed by atoms with E-state index < -0.39 is 0 Å². The maximum absolute atomic E-state index is 6.50. The van der Waals surface area contributed by atoms with Gasteiger partial charge in [0.15, 0.2) is 0 Å². The number of hydrogen-bond donors (Lipinski definition) is 0. The lowest BCUT2D eigenvalue weighted by molar-refractivity contribution is 0.439. The van der Waals surface area contributed by atoms with Gasteiger partial charge in [0.05, 0.1) is 11.4 Å². The van der Waals surface area contributed by atoms with E-state index in [2.05, 4.69) is 60.4 Å². The van der Waals surface area contributed by atoms with Gasteiger partial charge in [0, 0.05) is 0 Å². The predicted molar refractivity (Wildman–Crippen MR) is 96.9 cm³/mol. The van der Waals surface area contributed by atoms with Crippen molar-refractivity contribution in [3.8, 4) is 0 Å². The molecule has 0 aromatic heterocycles. The van der Waals surface area contributed by atoms with Crippen molar-refractivity contribution in [1.29, 1.82) is 0 Å². The topological polar surface area (TPSA) is 6.48 Å². The van der Waals surface area contributed by atoms with Crippen molar-refractivity contribution in [3.63, 3.8) is 0 Å². The van der Waals surface area contributed by atoms with E-state index in [1.807, 2.05) is 22.0 Å². The van der Waals surface area contributed by atoms with Crippen LogP contribution < -0.4 is 0 Å². The molecule has 3 aliphatic rings. The van der Waals surface area contributed by atoms with Gasteiger partial charge in [0.1, 0.15) is 10.3 Å². The van der Waals surface area contributed by atoms with E-state index in [0.717, 1.165) is 11.4 Å². The molecule has 0 bridgehead atoms. The van der Waals surface area contributed by atoms with Crippen LogP contribution in [0.4, 0.5) is 0 Å². The molecule has 0 spiro atoms. The molecule has 23 heavy (non-hydrogen) atoms. The zero-order valence-electron chi connectivity index (χ0n) is 14.5. The quantitative estimate of drug-likeness (QED) is 0.499. The van der Waals surface area contributed by atoms with E-state index >= 15 is 0 Å². The monoisotopic (exact) mass is 348 g/mol. The van der Waals surface area contributed by atoms with Crippen molar-refractivity contribution in [1.82, 2.24) is 9.80 Å². The fourth-order valence-electron chi connectivity index (χ4n) is 2.67. The van der Waals surface area contributed by atoms with E-state index in [4.69, 9.17) is 23.2 Å². The van der Waals surface area contributed by atoms with E-state index in [1.165, 1.54) is 11.1 Å². The Balaban J connectivity index is 2.16. The minimum atomic E-state index is 0.0259. The van der Waals surface area contributed by atoms with Crippen molar-refractivity contribution in [2.75, 3.05) is 0 Å². The van der Waals surface area contributed by atoms with Gasteiger partial charge >= 0.3 is 0 Å². The molecule has 0 saturated heterocycles. The van der Waals surface area contributed by atoms with Crippen molar-refractivity contribution in [3.05, 3.63) is 63.8 Å². The number of rotatable bonds is 0. The van der Waals surface area contributed by atoms with Crippen LogP contribution in [0, 0.1) is 17.5 Å². The first-order valence-electron chi connectivity index (χ1n) is 7.78. The smallest absolute Gasteiger partial charge is 0.220 e. The highest BCUT2D eigenvalue weighted by atomic mass is 35.5. The second-order valence-corrected chi connectivity index (χ2v) is 8.95. The van der Waals surface area contributed by atoms with E-state index in [9.17, 15) is 0 Å². The Kier molecular flexibility index (Phi) is 3.77. The molecule has 0 aromatic rings. The van der Waals surface area contributed by atoms with Crippen LogP contribution in [0.15, 0.2) is 57.2 Å². The molecule has 2 radical (unpaired) electrons. The van der Waals surface area contributed by atoms with Gasteiger partial charge in [-0.15, -0.1) is 0 Å². The lowest BCUT2D eigenvalue weighted by Crippen LogP contribution is -2.22. The van der Waals surface area contributed by atoms with Gasteiger partial charge in [-0.2, -0.15) is 0 Å². The number of fused-ring (bicyclic) bond motifs is 2. The Hall–Kier alpha value is -1.12. The molecule has 0 saturated carbocycles. The third-order valence-corrected chi connectivity index (χ3v) is 4.79. The third-order valence-electron chi connectivity index (χ3n) is 4.24. The highest BCUT2D eigenvalue weighted by Gasteiger charge is 2.37. The Morgan fingerprint density at radius 1 is 0.696 bits per heavy atom. The number of nitrogens with zero attached hydrogens (tertiary/aromatic N) is 2. The molecule has 0 unspecified atom stereocenters. The van der Waals surface area contributed by atoms with Crippen molar-refractivity contribution < 1.29 is 0 Å². The highest BCUT2D eigenvalue weighted by molar-refractivity contribution is 6.30. The van der Waals surface area contributed by atoms with Crippen LogP contribution >= 0.6 is 23.2 Å². The van der Waals surface area contributed by atoms with Crippen molar-refractivity contribution in [2.45, 2.75) is 41.5 Å². The Labute approximate surface area is 149 Å². The molecule has 122 valence electrons. The van der Waals surface area contributed by atoms with Crippen LogP contribution in [-0.2, 0) is 0 Å². The summed E-state index contributed by atoms with van der Waals surface area (Å²) in [6.45, 7) is 16.4. The summed E-state index contributed by atoms with van der Waals surface area (Å²) in [5.41, 5.74) is 4.49. The van der Waals surface area contributed by atoms with Crippen LogP contribution in [0.3, 0.4) is 0 Å².